The van der Waals surface area contributed by atoms with E-state index in [9.17, 15) is 0 Å². The van der Waals surface area contributed by atoms with Gasteiger partial charge in [-0.15, -0.1) is 36.6 Å². The minimum Gasteiger partial charge on any atom is -0.494 e. The Balaban J connectivity index is 2.29. The van der Waals surface area contributed by atoms with E-state index in [4.69, 9.17) is 34.7 Å². The van der Waals surface area contributed by atoms with Crippen LogP contribution in [0.25, 0.3) is 9.81 Å². The molecule has 0 saturated heterocycles. The lowest BCUT2D eigenvalue weighted by molar-refractivity contribution is 0.281. The zero-order valence-corrected chi connectivity index (χ0v) is 19.2. The van der Waals surface area contributed by atoms with Crippen molar-refractivity contribution in [2.75, 3.05) is 13.2 Å². The average Bonchev–Trinajstić information content (AvgIpc) is 3.15. The second-order valence-corrected chi connectivity index (χ2v) is 9.24. The first-order chi connectivity index (χ1) is 12.9. The van der Waals surface area contributed by atoms with Crippen molar-refractivity contribution in [2.24, 2.45) is 11.8 Å². The first-order valence-corrected chi connectivity index (χ1v) is 11.2. The molecule has 1 aromatic heterocycles. The third-order valence-corrected chi connectivity index (χ3v) is 6.25. The first-order valence-electron chi connectivity index (χ1n) is 9.44. The quantitative estimate of drug-likeness (QED) is 0.392. The van der Waals surface area contributed by atoms with Crippen molar-refractivity contribution >= 4 is 46.4 Å². The fraction of sp³-hybridized carbons (Fsp3) is 0.455. The Morgan fingerprint density at radius 1 is 0.926 bits per heavy atom. The molecular weight excluding hydrogens is 392 g/mol. The summed E-state index contributed by atoms with van der Waals surface area (Å²) in [6, 6.07) is 10.0. The van der Waals surface area contributed by atoms with Crippen molar-refractivity contribution < 1.29 is 9.47 Å². The highest BCUT2D eigenvalue weighted by atomic mass is 32.1. The molecule has 0 spiro atoms. The van der Waals surface area contributed by atoms with Crippen molar-refractivity contribution in [1.29, 1.82) is 0 Å². The number of rotatable bonds is 10. The third-order valence-electron chi connectivity index (χ3n) is 4.10. The molecule has 0 amide bonds. The number of ether oxygens (including phenoxy) is 2. The fourth-order valence-corrected chi connectivity index (χ4v) is 3.78. The van der Waals surface area contributed by atoms with Crippen LogP contribution in [-0.4, -0.2) is 13.2 Å². The van der Waals surface area contributed by atoms with Gasteiger partial charge < -0.3 is 9.47 Å². The van der Waals surface area contributed by atoms with Crippen LogP contribution in [-0.2, 0) is 0 Å². The van der Waals surface area contributed by atoms with Crippen LogP contribution in [0.5, 0.6) is 11.5 Å². The first kappa shape index (κ1) is 22.3. The van der Waals surface area contributed by atoms with Gasteiger partial charge in [-0.05, 0) is 54.3 Å². The number of thiophene rings is 1. The topological polar surface area (TPSA) is 18.5 Å². The molecule has 0 bridgehead atoms. The van der Waals surface area contributed by atoms with Gasteiger partial charge >= 0.3 is 0 Å². The molecule has 1 aromatic carbocycles. The summed E-state index contributed by atoms with van der Waals surface area (Å²) < 4.78 is 12.0. The minimum absolute atomic E-state index is 0.602. The summed E-state index contributed by atoms with van der Waals surface area (Å²) in [4.78, 5) is 2.73. The normalized spacial score (nSPS) is 12.4. The highest BCUT2D eigenvalue weighted by Gasteiger charge is 2.14. The lowest BCUT2D eigenvalue weighted by Crippen LogP contribution is -2.04. The van der Waals surface area contributed by atoms with E-state index in [0.29, 0.717) is 25.0 Å². The van der Waals surface area contributed by atoms with Gasteiger partial charge in [0.25, 0.3) is 0 Å². The van der Waals surface area contributed by atoms with E-state index >= 15 is 0 Å². The van der Waals surface area contributed by atoms with E-state index in [2.05, 4.69) is 27.7 Å². The Kier molecular flexibility index (Phi) is 9.13. The Bertz CT molecular complexity index is 734. The minimum atomic E-state index is 0.602. The van der Waals surface area contributed by atoms with Crippen LogP contribution in [0, 0.1) is 11.8 Å². The van der Waals surface area contributed by atoms with Crippen LogP contribution < -0.4 is 9.47 Å². The Morgan fingerprint density at radius 2 is 1.59 bits per heavy atom. The summed E-state index contributed by atoms with van der Waals surface area (Å²) in [6.45, 7) is 10.2. The van der Waals surface area contributed by atoms with E-state index in [0.717, 1.165) is 44.6 Å². The van der Waals surface area contributed by atoms with Crippen molar-refractivity contribution in [2.45, 2.75) is 40.5 Å². The highest BCUT2D eigenvalue weighted by molar-refractivity contribution is 7.96. The molecule has 0 fully saturated rings. The van der Waals surface area contributed by atoms with Crippen molar-refractivity contribution in [3.8, 4) is 11.5 Å². The van der Waals surface area contributed by atoms with Crippen LogP contribution >= 0.6 is 36.6 Å². The van der Waals surface area contributed by atoms with Gasteiger partial charge in [-0.3, -0.25) is 0 Å². The Hall–Kier alpha value is -1.04. The van der Waals surface area contributed by atoms with Crippen LogP contribution in [0.1, 0.15) is 51.0 Å². The molecule has 0 aliphatic rings. The van der Waals surface area contributed by atoms with Crippen LogP contribution in [0.4, 0.5) is 0 Å². The molecule has 2 aromatic rings. The summed E-state index contributed by atoms with van der Waals surface area (Å²) in [5.41, 5.74) is 0.919. The van der Waals surface area contributed by atoms with E-state index in [1.54, 1.807) is 11.3 Å². The van der Waals surface area contributed by atoms with Gasteiger partial charge in [0.2, 0.25) is 0 Å². The average molecular weight is 423 g/mol. The Labute approximate surface area is 178 Å². The molecule has 0 saturated carbocycles. The predicted octanol–water partition coefficient (Wildman–Crippen LogP) is 7.28. The largest absolute Gasteiger partial charge is 0.494 e. The predicted molar refractivity (Wildman–Crippen MR) is 125 cm³/mol. The molecule has 0 N–H and O–H groups in total. The SMILES string of the molecule is CC(C)CCOc1ccc(OCCC(C)C)c(C(S)=C(S)c2cccs2)c1. The maximum absolute atomic E-state index is 6.07. The maximum Gasteiger partial charge on any atom is 0.127 e. The van der Waals surface area contributed by atoms with Crippen LogP contribution in [0.2, 0.25) is 0 Å². The Morgan fingerprint density at radius 3 is 2.19 bits per heavy atom. The lowest BCUT2D eigenvalue weighted by Gasteiger charge is -2.16. The standard InChI is InChI=1S/C22H30O2S3/c1-15(2)9-11-23-17-7-8-19(24-12-10-16(3)4)18(14-17)21(25)22(26)20-6-5-13-27-20/h5-8,13-16,25-26H,9-12H2,1-4H3. The zero-order chi connectivity index (χ0) is 19.8. The summed E-state index contributed by atoms with van der Waals surface area (Å²) >= 11 is 11.1. The molecule has 0 atom stereocenters. The molecule has 0 aliphatic carbocycles. The van der Waals surface area contributed by atoms with Gasteiger partial charge in [-0.1, -0.05) is 33.8 Å². The number of hydrogen-bond donors (Lipinski definition) is 2. The molecule has 0 radical (unpaired) electrons. The molecule has 5 heteroatoms. The van der Waals surface area contributed by atoms with Crippen molar-refractivity contribution in [3.05, 3.63) is 46.2 Å². The van der Waals surface area contributed by atoms with Crippen LogP contribution in [0.15, 0.2) is 35.7 Å². The summed E-state index contributed by atoms with van der Waals surface area (Å²) in [5, 5.41) is 2.04. The number of benzene rings is 1. The monoisotopic (exact) mass is 422 g/mol. The highest BCUT2D eigenvalue weighted by Crippen LogP contribution is 2.39. The molecule has 0 aliphatic heterocycles. The molecule has 148 valence electrons. The van der Waals surface area contributed by atoms with Gasteiger partial charge in [0.05, 0.1) is 13.2 Å². The zero-order valence-electron chi connectivity index (χ0n) is 16.6. The molecule has 0 unspecified atom stereocenters. The summed E-state index contributed by atoms with van der Waals surface area (Å²) in [6.07, 6.45) is 2.04. The molecule has 27 heavy (non-hydrogen) atoms. The van der Waals surface area contributed by atoms with Gasteiger partial charge in [0, 0.05) is 20.3 Å². The molecular formula is C22H30O2S3. The van der Waals surface area contributed by atoms with Crippen molar-refractivity contribution in [3.63, 3.8) is 0 Å². The smallest absolute Gasteiger partial charge is 0.127 e. The summed E-state index contributed by atoms with van der Waals surface area (Å²) in [5.74, 6) is 2.87. The van der Waals surface area contributed by atoms with Gasteiger partial charge in [0.15, 0.2) is 0 Å². The van der Waals surface area contributed by atoms with E-state index in [-0.39, 0.29) is 0 Å². The van der Waals surface area contributed by atoms with E-state index < -0.39 is 0 Å². The maximum atomic E-state index is 6.07. The van der Waals surface area contributed by atoms with E-state index in [1.165, 1.54) is 0 Å². The molecule has 2 nitrogen and oxygen atoms in total. The number of hydrogen-bond acceptors (Lipinski definition) is 5. The van der Waals surface area contributed by atoms with Gasteiger partial charge in [-0.2, -0.15) is 0 Å². The van der Waals surface area contributed by atoms with Crippen molar-refractivity contribution in [1.82, 2.24) is 0 Å². The fourth-order valence-electron chi connectivity index (χ4n) is 2.38. The van der Waals surface area contributed by atoms with E-state index in [1.807, 2.05) is 35.7 Å². The van der Waals surface area contributed by atoms with Crippen LogP contribution in [0.3, 0.4) is 0 Å². The van der Waals surface area contributed by atoms with Gasteiger partial charge in [-0.25, -0.2) is 0 Å². The third kappa shape index (κ3) is 7.13. The second kappa shape index (κ2) is 11.1. The summed E-state index contributed by atoms with van der Waals surface area (Å²) in [7, 11) is 0. The second-order valence-electron chi connectivity index (χ2n) is 7.39. The molecule has 2 rings (SSSR count). The van der Waals surface area contributed by atoms with Gasteiger partial charge in [0.1, 0.15) is 11.5 Å². The number of thiol groups is 2. The molecule has 1 heterocycles. The lowest BCUT2D eigenvalue weighted by atomic mass is 10.1.